The van der Waals surface area contributed by atoms with Crippen molar-refractivity contribution >= 4 is 11.3 Å². The second-order valence-electron chi connectivity index (χ2n) is 5.07. The van der Waals surface area contributed by atoms with Crippen LogP contribution in [0.5, 0.6) is 0 Å². The van der Waals surface area contributed by atoms with E-state index in [9.17, 15) is 0 Å². The molecule has 1 aliphatic rings. The first kappa shape index (κ1) is 12.8. The van der Waals surface area contributed by atoms with Gasteiger partial charge in [-0.2, -0.15) is 0 Å². The van der Waals surface area contributed by atoms with Crippen molar-refractivity contribution in [1.82, 2.24) is 15.3 Å². The highest BCUT2D eigenvalue weighted by Gasteiger charge is 2.29. The number of hydrogen-bond acceptors (Lipinski definition) is 4. The molecule has 2 aromatic heterocycles. The van der Waals surface area contributed by atoms with E-state index in [0.717, 1.165) is 18.1 Å². The summed E-state index contributed by atoms with van der Waals surface area (Å²) in [5, 5.41) is 4.55. The lowest BCUT2D eigenvalue weighted by Crippen LogP contribution is -2.11. The van der Waals surface area contributed by atoms with E-state index in [0.29, 0.717) is 5.92 Å². The summed E-state index contributed by atoms with van der Waals surface area (Å²) < 4.78 is 0. The highest BCUT2D eigenvalue weighted by Crippen LogP contribution is 2.44. The van der Waals surface area contributed by atoms with Crippen molar-refractivity contribution in [2.75, 3.05) is 6.54 Å². The fraction of sp³-hybridized carbons (Fsp3) is 0.467. The second kappa shape index (κ2) is 5.39. The lowest BCUT2D eigenvalue weighted by atomic mass is 10.2. The molecule has 1 aliphatic carbocycles. The number of hydrogen-bond donors (Lipinski definition) is 1. The maximum absolute atomic E-state index is 4.89. The van der Waals surface area contributed by atoms with Crippen molar-refractivity contribution in [2.45, 2.75) is 39.2 Å². The van der Waals surface area contributed by atoms with Crippen molar-refractivity contribution in [3.63, 3.8) is 0 Å². The third kappa shape index (κ3) is 2.69. The molecule has 0 saturated heterocycles. The Hall–Kier alpha value is -1.26. The summed E-state index contributed by atoms with van der Waals surface area (Å²) in [6, 6.07) is 2.05. The van der Waals surface area contributed by atoms with Gasteiger partial charge in [0.15, 0.2) is 0 Å². The molecule has 0 aromatic carbocycles. The van der Waals surface area contributed by atoms with E-state index in [2.05, 4.69) is 30.2 Å². The molecule has 1 saturated carbocycles. The average Bonchev–Trinajstić information content (AvgIpc) is 3.18. The van der Waals surface area contributed by atoms with E-state index in [1.54, 1.807) is 0 Å². The minimum absolute atomic E-state index is 0.704. The summed E-state index contributed by atoms with van der Waals surface area (Å²) in [6.07, 6.45) is 6.37. The van der Waals surface area contributed by atoms with E-state index < -0.39 is 0 Å². The molecule has 0 atom stereocenters. The van der Waals surface area contributed by atoms with Crippen LogP contribution in [0.4, 0.5) is 0 Å². The van der Waals surface area contributed by atoms with E-state index in [1.165, 1.54) is 34.5 Å². The molecule has 0 radical (unpaired) electrons. The van der Waals surface area contributed by atoms with Crippen LogP contribution in [0.2, 0.25) is 0 Å². The lowest BCUT2D eigenvalue weighted by molar-refractivity contribution is 0.727. The Balaban J connectivity index is 1.96. The van der Waals surface area contributed by atoms with Crippen molar-refractivity contribution in [2.24, 2.45) is 0 Å². The van der Waals surface area contributed by atoms with Crippen molar-refractivity contribution in [3.8, 4) is 10.6 Å². The molecule has 4 heteroatoms. The quantitative estimate of drug-likeness (QED) is 0.906. The Kier molecular flexibility index (Phi) is 3.62. The summed E-state index contributed by atoms with van der Waals surface area (Å²) in [6.45, 7) is 6.21. The summed E-state index contributed by atoms with van der Waals surface area (Å²) in [4.78, 5) is 10.5. The number of aryl methyl sites for hydroxylation is 1. The van der Waals surface area contributed by atoms with Crippen LogP contribution in [0, 0.1) is 6.92 Å². The Morgan fingerprint density at radius 1 is 1.42 bits per heavy atom. The fourth-order valence-corrected chi connectivity index (χ4v) is 3.40. The average molecular weight is 273 g/mol. The third-order valence-corrected chi connectivity index (χ3v) is 4.60. The number of pyridine rings is 1. The topological polar surface area (TPSA) is 37.8 Å². The van der Waals surface area contributed by atoms with Gasteiger partial charge >= 0.3 is 0 Å². The number of aromatic nitrogens is 2. The first-order valence-electron chi connectivity index (χ1n) is 6.91. The number of rotatable bonds is 5. The normalized spacial score (nSPS) is 14.8. The van der Waals surface area contributed by atoms with Gasteiger partial charge in [-0.15, -0.1) is 11.3 Å². The number of nitrogens with one attached hydrogen (secondary N) is 1. The highest BCUT2D eigenvalue weighted by atomic mass is 32.1. The van der Waals surface area contributed by atoms with Crippen LogP contribution in [0.3, 0.4) is 0 Å². The van der Waals surface area contributed by atoms with Gasteiger partial charge in [-0.1, -0.05) is 6.92 Å². The van der Waals surface area contributed by atoms with Crippen LogP contribution in [0.1, 0.15) is 41.8 Å². The van der Waals surface area contributed by atoms with Crippen LogP contribution in [-0.4, -0.2) is 16.5 Å². The minimum Gasteiger partial charge on any atom is -0.312 e. The Morgan fingerprint density at radius 3 is 2.95 bits per heavy atom. The SMILES string of the molecule is CCNCc1sc(-c2cnccc2C)nc1C1CC1. The largest absolute Gasteiger partial charge is 0.312 e. The predicted octanol–water partition coefficient (Wildman–Crippen LogP) is 3.50. The monoisotopic (exact) mass is 273 g/mol. The summed E-state index contributed by atoms with van der Waals surface area (Å²) >= 11 is 1.82. The number of nitrogens with zero attached hydrogens (tertiary/aromatic N) is 2. The van der Waals surface area contributed by atoms with Crippen LogP contribution < -0.4 is 5.32 Å². The molecule has 2 aromatic rings. The molecule has 3 rings (SSSR count). The maximum atomic E-state index is 4.89. The molecule has 0 unspecified atom stereocenters. The smallest absolute Gasteiger partial charge is 0.125 e. The van der Waals surface area contributed by atoms with Crippen molar-refractivity contribution in [3.05, 3.63) is 34.6 Å². The van der Waals surface area contributed by atoms with Gasteiger partial charge in [-0.3, -0.25) is 4.98 Å². The van der Waals surface area contributed by atoms with E-state index >= 15 is 0 Å². The molecular weight excluding hydrogens is 254 g/mol. The maximum Gasteiger partial charge on any atom is 0.125 e. The predicted molar refractivity (Wildman–Crippen MR) is 79.4 cm³/mol. The van der Waals surface area contributed by atoms with Crippen molar-refractivity contribution in [1.29, 1.82) is 0 Å². The molecule has 0 bridgehead atoms. The van der Waals surface area contributed by atoms with Crippen molar-refractivity contribution < 1.29 is 0 Å². The molecule has 0 spiro atoms. The third-order valence-electron chi connectivity index (χ3n) is 3.50. The Morgan fingerprint density at radius 2 is 2.26 bits per heavy atom. The van der Waals surface area contributed by atoms with Crippen LogP contribution in [0.15, 0.2) is 18.5 Å². The Bertz CT molecular complexity index is 573. The van der Waals surface area contributed by atoms with E-state index in [-0.39, 0.29) is 0 Å². The summed E-state index contributed by atoms with van der Waals surface area (Å²) in [5.41, 5.74) is 3.75. The Labute approximate surface area is 118 Å². The molecule has 0 amide bonds. The lowest BCUT2D eigenvalue weighted by Gasteiger charge is -2.00. The second-order valence-corrected chi connectivity index (χ2v) is 6.16. The minimum atomic E-state index is 0.704. The van der Waals surface area contributed by atoms with E-state index in [4.69, 9.17) is 4.98 Å². The van der Waals surface area contributed by atoms with Gasteiger partial charge in [0.1, 0.15) is 5.01 Å². The molecule has 3 nitrogen and oxygen atoms in total. The van der Waals surface area contributed by atoms with Gasteiger partial charge in [0.05, 0.1) is 5.69 Å². The summed E-state index contributed by atoms with van der Waals surface area (Å²) in [7, 11) is 0. The van der Waals surface area contributed by atoms with Gasteiger partial charge in [-0.05, 0) is 37.9 Å². The molecule has 1 N–H and O–H groups in total. The fourth-order valence-electron chi connectivity index (χ4n) is 2.21. The molecule has 0 aliphatic heterocycles. The van der Waals surface area contributed by atoms with E-state index in [1.807, 2.05) is 23.7 Å². The van der Waals surface area contributed by atoms with Crippen LogP contribution in [0.25, 0.3) is 10.6 Å². The zero-order chi connectivity index (χ0) is 13.2. The van der Waals surface area contributed by atoms with Gasteiger partial charge in [0.25, 0.3) is 0 Å². The first-order chi connectivity index (χ1) is 9.29. The van der Waals surface area contributed by atoms with Crippen LogP contribution in [-0.2, 0) is 6.54 Å². The van der Waals surface area contributed by atoms with Gasteiger partial charge < -0.3 is 5.32 Å². The molecule has 100 valence electrons. The molecular formula is C15H19N3S. The molecule has 1 fully saturated rings. The standard InChI is InChI=1S/C15H19N3S/c1-3-16-9-13-14(11-4-5-11)18-15(19-13)12-8-17-7-6-10(12)2/h6-8,11,16H,3-5,9H2,1-2H3. The van der Waals surface area contributed by atoms with Gasteiger partial charge in [0, 0.05) is 35.3 Å². The highest BCUT2D eigenvalue weighted by molar-refractivity contribution is 7.15. The first-order valence-corrected chi connectivity index (χ1v) is 7.72. The van der Waals surface area contributed by atoms with Crippen LogP contribution >= 0.6 is 11.3 Å². The van der Waals surface area contributed by atoms with Gasteiger partial charge in [-0.25, -0.2) is 4.98 Å². The molecule has 19 heavy (non-hydrogen) atoms. The zero-order valence-corrected chi connectivity index (χ0v) is 12.3. The number of thiazole rings is 1. The molecule has 2 heterocycles. The summed E-state index contributed by atoms with van der Waals surface area (Å²) in [5.74, 6) is 0.704. The van der Waals surface area contributed by atoms with Gasteiger partial charge in [0.2, 0.25) is 0 Å². The zero-order valence-electron chi connectivity index (χ0n) is 11.4.